The van der Waals surface area contributed by atoms with E-state index in [1.807, 2.05) is 0 Å². The van der Waals surface area contributed by atoms with E-state index in [0.717, 1.165) is 11.3 Å². The molecule has 1 unspecified atom stereocenters. The Kier molecular flexibility index (Phi) is 6.08. The van der Waals surface area contributed by atoms with E-state index in [9.17, 15) is 12.6 Å². The molecule has 9 heteroatoms. The molecule has 0 N–H and O–H groups in total. The Bertz CT molecular complexity index is 1090. The predicted octanol–water partition coefficient (Wildman–Crippen LogP) is 5.47. The zero-order valence-electron chi connectivity index (χ0n) is 14.3. The smallest absolute Gasteiger partial charge is 0.225 e. The van der Waals surface area contributed by atoms with E-state index in [1.54, 1.807) is 38.1 Å². The van der Waals surface area contributed by atoms with Crippen LogP contribution in [0.2, 0.25) is 10.0 Å². The number of hydrogen-bond acceptors (Lipinski definition) is 5. The molecule has 0 radical (unpaired) electrons. The van der Waals surface area contributed by atoms with Gasteiger partial charge in [0, 0.05) is 20.9 Å². The van der Waals surface area contributed by atoms with Gasteiger partial charge in [-0.05, 0) is 36.4 Å². The Hall–Kier alpha value is -1.25. The minimum absolute atomic E-state index is 0.0573. The summed E-state index contributed by atoms with van der Waals surface area (Å²) in [6, 6.07) is 12.7. The summed E-state index contributed by atoms with van der Waals surface area (Å²) in [5.74, 6) is 0. The SMILES string of the molecule is CC(C)S(=O)c1sc(-c2ccc(Cl)cc2)nc1S(=O)(=O)c1ccc(Cl)cc1. The van der Waals surface area contributed by atoms with Crippen molar-refractivity contribution in [2.75, 3.05) is 0 Å². The van der Waals surface area contributed by atoms with Crippen molar-refractivity contribution >= 4 is 55.2 Å². The molecule has 0 aliphatic heterocycles. The summed E-state index contributed by atoms with van der Waals surface area (Å²) in [5, 5.41) is 1.05. The molecule has 1 atom stereocenters. The van der Waals surface area contributed by atoms with Crippen molar-refractivity contribution in [3.05, 3.63) is 58.6 Å². The monoisotopic (exact) mass is 459 g/mol. The van der Waals surface area contributed by atoms with Gasteiger partial charge in [-0.3, -0.25) is 4.21 Å². The highest BCUT2D eigenvalue weighted by Gasteiger charge is 2.30. The lowest BCUT2D eigenvalue weighted by Crippen LogP contribution is -2.10. The van der Waals surface area contributed by atoms with Crippen LogP contribution in [0.15, 0.2) is 62.7 Å². The molecular weight excluding hydrogens is 445 g/mol. The van der Waals surface area contributed by atoms with E-state index in [4.69, 9.17) is 23.2 Å². The predicted molar refractivity (Wildman–Crippen MR) is 111 cm³/mol. The number of halogens is 2. The van der Waals surface area contributed by atoms with Gasteiger partial charge in [-0.25, -0.2) is 13.4 Å². The zero-order chi connectivity index (χ0) is 19.8. The van der Waals surface area contributed by atoms with Crippen LogP contribution >= 0.6 is 34.5 Å². The normalized spacial score (nSPS) is 13.1. The summed E-state index contributed by atoms with van der Waals surface area (Å²) in [6.45, 7) is 3.55. The maximum absolute atomic E-state index is 13.1. The largest absolute Gasteiger partial charge is 0.253 e. The molecule has 1 aromatic heterocycles. The first-order chi connectivity index (χ1) is 12.7. The number of rotatable bonds is 5. The van der Waals surface area contributed by atoms with Crippen molar-refractivity contribution in [1.29, 1.82) is 0 Å². The first-order valence-electron chi connectivity index (χ1n) is 7.88. The lowest BCUT2D eigenvalue weighted by atomic mass is 10.2. The fourth-order valence-electron chi connectivity index (χ4n) is 2.24. The summed E-state index contributed by atoms with van der Waals surface area (Å²) < 4.78 is 39.3. The summed E-state index contributed by atoms with van der Waals surface area (Å²) >= 11 is 12.9. The van der Waals surface area contributed by atoms with E-state index < -0.39 is 20.6 Å². The van der Waals surface area contributed by atoms with E-state index in [-0.39, 0.29) is 19.4 Å². The van der Waals surface area contributed by atoms with Gasteiger partial charge < -0.3 is 0 Å². The van der Waals surface area contributed by atoms with E-state index >= 15 is 0 Å². The Morgan fingerprint density at radius 1 is 0.963 bits per heavy atom. The number of hydrogen-bond donors (Lipinski definition) is 0. The van der Waals surface area contributed by atoms with Gasteiger partial charge in [-0.2, -0.15) is 0 Å². The van der Waals surface area contributed by atoms with Crippen molar-refractivity contribution in [3.8, 4) is 10.6 Å². The lowest BCUT2D eigenvalue weighted by Gasteiger charge is -2.06. The fraction of sp³-hybridized carbons (Fsp3) is 0.167. The van der Waals surface area contributed by atoms with Crippen molar-refractivity contribution in [2.24, 2.45) is 0 Å². The van der Waals surface area contributed by atoms with Gasteiger partial charge in [0.15, 0.2) is 5.03 Å². The average Bonchev–Trinajstić information content (AvgIpc) is 3.08. The molecule has 0 aliphatic carbocycles. The Labute approximate surface area is 174 Å². The highest BCUT2D eigenvalue weighted by atomic mass is 35.5. The van der Waals surface area contributed by atoms with Crippen LogP contribution in [0.3, 0.4) is 0 Å². The molecule has 0 spiro atoms. The Balaban J connectivity index is 2.19. The summed E-state index contributed by atoms with van der Waals surface area (Å²) in [6.07, 6.45) is 0. The number of aromatic nitrogens is 1. The van der Waals surface area contributed by atoms with Crippen LogP contribution < -0.4 is 0 Å². The third-order valence-electron chi connectivity index (χ3n) is 3.65. The first kappa shape index (κ1) is 20.5. The second-order valence-corrected chi connectivity index (χ2v) is 11.9. The number of sulfone groups is 1. The second-order valence-electron chi connectivity index (χ2n) is 5.92. The Morgan fingerprint density at radius 2 is 1.48 bits per heavy atom. The number of benzene rings is 2. The average molecular weight is 460 g/mol. The molecule has 142 valence electrons. The fourth-order valence-corrected chi connectivity index (χ4v) is 7.22. The quantitative estimate of drug-likeness (QED) is 0.507. The van der Waals surface area contributed by atoms with Gasteiger partial charge in [0.1, 0.15) is 9.22 Å². The molecule has 0 saturated carbocycles. The van der Waals surface area contributed by atoms with Crippen molar-refractivity contribution in [3.63, 3.8) is 0 Å². The molecule has 2 aromatic carbocycles. The molecule has 0 saturated heterocycles. The Morgan fingerprint density at radius 3 is 2.00 bits per heavy atom. The van der Waals surface area contributed by atoms with E-state index in [1.165, 1.54) is 24.3 Å². The molecule has 27 heavy (non-hydrogen) atoms. The van der Waals surface area contributed by atoms with Crippen LogP contribution in [0.5, 0.6) is 0 Å². The van der Waals surface area contributed by atoms with Crippen LogP contribution in [0.4, 0.5) is 0 Å². The van der Waals surface area contributed by atoms with Crippen molar-refractivity contribution in [2.45, 2.75) is 33.2 Å². The van der Waals surface area contributed by atoms with Crippen molar-refractivity contribution in [1.82, 2.24) is 4.98 Å². The van der Waals surface area contributed by atoms with Crippen molar-refractivity contribution < 1.29 is 12.6 Å². The molecule has 1 heterocycles. The summed E-state index contributed by atoms with van der Waals surface area (Å²) in [5.41, 5.74) is 0.712. The minimum Gasteiger partial charge on any atom is -0.253 e. The molecular formula is C18H15Cl2NO3S3. The molecule has 0 fully saturated rings. The van der Waals surface area contributed by atoms with Crippen LogP contribution in [-0.4, -0.2) is 22.9 Å². The molecule has 0 bridgehead atoms. The summed E-state index contributed by atoms with van der Waals surface area (Å²) in [4.78, 5) is 4.40. The van der Waals surface area contributed by atoms with Gasteiger partial charge >= 0.3 is 0 Å². The highest BCUT2D eigenvalue weighted by molar-refractivity contribution is 7.93. The first-order valence-corrected chi connectivity index (χ1v) is 12.1. The molecule has 3 rings (SSSR count). The van der Waals surface area contributed by atoms with Crippen LogP contribution in [-0.2, 0) is 20.6 Å². The molecule has 4 nitrogen and oxygen atoms in total. The maximum atomic E-state index is 13.1. The zero-order valence-corrected chi connectivity index (χ0v) is 18.3. The van der Waals surface area contributed by atoms with Gasteiger partial charge in [-0.15, -0.1) is 11.3 Å². The standard InChI is InChI=1S/C18H15Cl2NO3S3/c1-11(2)26(22)18-17(27(23,24)15-9-7-14(20)8-10-15)21-16(25-18)12-3-5-13(19)6-4-12/h3-11H,1-2H3. The number of thiazole rings is 1. The second kappa shape index (κ2) is 8.01. The third kappa shape index (κ3) is 4.27. The van der Waals surface area contributed by atoms with Gasteiger partial charge in [0.05, 0.1) is 15.7 Å². The van der Waals surface area contributed by atoms with Gasteiger partial charge in [0.2, 0.25) is 9.84 Å². The van der Waals surface area contributed by atoms with Gasteiger partial charge in [-0.1, -0.05) is 49.2 Å². The van der Waals surface area contributed by atoms with Gasteiger partial charge in [0.25, 0.3) is 0 Å². The minimum atomic E-state index is -3.94. The van der Waals surface area contributed by atoms with Crippen LogP contribution in [0, 0.1) is 0 Å². The van der Waals surface area contributed by atoms with Crippen LogP contribution in [0.25, 0.3) is 10.6 Å². The maximum Gasteiger partial charge on any atom is 0.225 e. The lowest BCUT2D eigenvalue weighted by molar-refractivity contribution is 0.590. The highest BCUT2D eigenvalue weighted by Crippen LogP contribution is 2.36. The summed E-state index contributed by atoms with van der Waals surface area (Å²) in [7, 11) is -5.44. The number of nitrogens with zero attached hydrogens (tertiary/aromatic N) is 1. The van der Waals surface area contributed by atoms with E-state index in [2.05, 4.69) is 4.98 Å². The third-order valence-corrected chi connectivity index (χ3v) is 9.16. The van der Waals surface area contributed by atoms with Crippen LogP contribution in [0.1, 0.15) is 13.8 Å². The molecule has 0 amide bonds. The topological polar surface area (TPSA) is 64.1 Å². The molecule has 3 aromatic rings. The van der Waals surface area contributed by atoms with E-state index in [0.29, 0.717) is 20.6 Å². The molecule has 0 aliphatic rings.